The molecular formula is C26H25N5O5. The third-order valence-corrected chi connectivity index (χ3v) is 5.63. The van der Waals surface area contributed by atoms with E-state index in [1.807, 2.05) is 12.1 Å². The van der Waals surface area contributed by atoms with Crippen LogP contribution >= 0.6 is 0 Å². The molecule has 5 N–H and O–H groups in total. The summed E-state index contributed by atoms with van der Waals surface area (Å²) in [6, 6.07) is 10.2. The Kier molecular flexibility index (Phi) is 6.92. The molecule has 3 aromatic rings. The van der Waals surface area contributed by atoms with E-state index in [9.17, 15) is 14.7 Å². The quantitative estimate of drug-likeness (QED) is 0.445. The van der Waals surface area contributed by atoms with Crippen molar-refractivity contribution in [2.75, 3.05) is 30.6 Å². The molecule has 10 nitrogen and oxygen atoms in total. The summed E-state index contributed by atoms with van der Waals surface area (Å²) >= 11 is 0. The molecule has 2 aromatic carbocycles. The number of amides is 2. The fourth-order valence-electron chi connectivity index (χ4n) is 3.71. The first kappa shape index (κ1) is 24.3. The predicted molar refractivity (Wildman–Crippen MR) is 134 cm³/mol. The van der Waals surface area contributed by atoms with Gasteiger partial charge in [-0.3, -0.25) is 4.79 Å². The molecule has 184 valence electrons. The van der Waals surface area contributed by atoms with Crippen LogP contribution in [0.2, 0.25) is 0 Å². The van der Waals surface area contributed by atoms with Gasteiger partial charge in [-0.25, -0.2) is 14.7 Å². The Morgan fingerprint density at radius 2 is 1.92 bits per heavy atom. The largest absolute Gasteiger partial charge is 0.493 e. The van der Waals surface area contributed by atoms with Gasteiger partial charge in [0.15, 0.2) is 11.5 Å². The number of benzene rings is 2. The van der Waals surface area contributed by atoms with Gasteiger partial charge in [-0.1, -0.05) is 17.9 Å². The van der Waals surface area contributed by atoms with Crippen LogP contribution in [0.4, 0.5) is 22.2 Å². The number of carbonyl (C=O) groups is 2. The molecule has 1 aliphatic rings. The minimum Gasteiger partial charge on any atom is -0.493 e. The van der Waals surface area contributed by atoms with Crippen molar-refractivity contribution >= 4 is 29.5 Å². The van der Waals surface area contributed by atoms with Gasteiger partial charge in [-0.15, -0.1) is 0 Å². The maximum Gasteiger partial charge on any atom is 0.418 e. The minimum absolute atomic E-state index is 0.0950. The SMILES string of the molecule is COc1cc(Cc2cnc(N)nc2N)cc(C#Cc2cccc(N(C(=O)O)C(=O)C3CC3)c2)c1OC. The summed E-state index contributed by atoms with van der Waals surface area (Å²) in [6.45, 7) is 0. The Labute approximate surface area is 207 Å². The van der Waals surface area contributed by atoms with Crippen LogP contribution in [0.25, 0.3) is 0 Å². The number of ether oxygens (including phenoxy) is 2. The van der Waals surface area contributed by atoms with E-state index in [4.69, 9.17) is 20.9 Å². The Morgan fingerprint density at radius 3 is 2.56 bits per heavy atom. The van der Waals surface area contributed by atoms with Crippen molar-refractivity contribution in [3.8, 4) is 23.3 Å². The van der Waals surface area contributed by atoms with Gasteiger partial charge in [0.25, 0.3) is 0 Å². The monoisotopic (exact) mass is 487 g/mol. The minimum atomic E-state index is -1.32. The molecule has 2 amide bonds. The molecule has 0 atom stereocenters. The van der Waals surface area contributed by atoms with E-state index in [-0.39, 0.29) is 23.4 Å². The van der Waals surface area contributed by atoms with Crippen molar-refractivity contribution in [1.29, 1.82) is 0 Å². The van der Waals surface area contributed by atoms with Gasteiger partial charge in [0.05, 0.1) is 25.5 Å². The highest BCUT2D eigenvalue weighted by atomic mass is 16.5. The summed E-state index contributed by atoms with van der Waals surface area (Å²) in [5, 5.41) is 9.60. The number of nitrogen functional groups attached to an aromatic ring is 2. The van der Waals surface area contributed by atoms with Crippen molar-refractivity contribution in [1.82, 2.24) is 9.97 Å². The van der Waals surface area contributed by atoms with Crippen LogP contribution in [-0.2, 0) is 11.2 Å². The highest BCUT2D eigenvalue weighted by molar-refractivity contribution is 6.13. The fourth-order valence-corrected chi connectivity index (χ4v) is 3.71. The number of carboxylic acid groups (broad SMARTS) is 1. The van der Waals surface area contributed by atoms with Crippen molar-refractivity contribution < 1.29 is 24.2 Å². The van der Waals surface area contributed by atoms with E-state index < -0.39 is 12.0 Å². The normalized spacial score (nSPS) is 12.3. The molecule has 0 spiro atoms. The second-order valence-corrected chi connectivity index (χ2v) is 8.23. The number of nitrogens with two attached hydrogens (primary N) is 2. The summed E-state index contributed by atoms with van der Waals surface area (Å²) in [4.78, 5) is 33.0. The molecule has 36 heavy (non-hydrogen) atoms. The molecular weight excluding hydrogens is 462 g/mol. The number of imide groups is 1. The van der Waals surface area contributed by atoms with Crippen LogP contribution in [0.3, 0.4) is 0 Å². The van der Waals surface area contributed by atoms with E-state index in [0.29, 0.717) is 47.5 Å². The Morgan fingerprint density at radius 1 is 1.14 bits per heavy atom. The number of hydrogen-bond acceptors (Lipinski definition) is 8. The molecule has 0 bridgehead atoms. The third kappa shape index (κ3) is 5.31. The molecule has 0 aliphatic heterocycles. The van der Waals surface area contributed by atoms with E-state index in [1.54, 1.807) is 30.5 Å². The first-order valence-corrected chi connectivity index (χ1v) is 11.1. The van der Waals surface area contributed by atoms with Crippen molar-refractivity contribution in [2.45, 2.75) is 19.3 Å². The number of anilines is 3. The molecule has 1 aliphatic carbocycles. The van der Waals surface area contributed by atoms with Gasteiger partial charge in [-0.05, 0) is 48.7 Å². The Balaban J connectivity index is 1.69. The zero-order valence-electron chi connectivity index (χ0n) is 19.8. The number of aromatic nitrogens is 2. The highest BCUT2D eigenvalue weighted by Gasteiger charge is 2.37. The average Bonchev–Trinajstić information content (AvgIpc) is 3.70. The molecule has 1 saturated carbocycles. The van der Waals surface area contributed by atoms with E-state index in [2.05, 4.69) is 21.8 Å². The van der Waals surface area contributed by atoms with Crippen LogP contribution < -0.4 is 25.8 Å². The van der Waals surface area contributed by atoms with Crippen LogP contribution in [0.1, 0.15) is 35.1 Å². The number of rotatable bonds is 6. The second kappa shape index (κ2) is 10.2. The van der Waals surface area contributed by atoms with Crippen LogP contribution in [0, 0.1) is 17.8 Å². The van der Waals surface area contributed by atoms with Crippen LogP contribution in [0.15, 0.2) is 42.6 Å². The molecule has 0 saturated heterocycles. The van der Waals surface area contributed by atoms with E-state index in [0.717, 1.165) is 10.5 Å². The average molecular weight is 488 g/mol. The Hall–Kier alpha value is -4.78. The van der Waals surface area contributed by atoms with Crippen molar-refractivity contribution in [3.63, 3.8) is 0 Å². The number of carbonyl (C=O) groups excluding carboxylic acids is 1. The molecule has 4 rings (SSSR count). The number of methoxy groups -OCH3 is 2. The zero-order valence-corrected chi connectivity index (χ0v) is 19.8. The van der Waals surface area contributed by atoms with Gasteiger partial charge < -0.3 is 26.0 Å². The maximum absolute atomic E-state index is 12.5. The lowest BCUT2D eigenvalue weighted by Crippen LogP contribution is -2.36. The second-order valence-electron chi connectivity index (χ2n) is 8.23. The molecule has 1 heterocycles. The fraction of sp³-hybridized carbons (Fsp3) is 0.231. The van der Waals surface area contributed by atoms with Crippen molar-refractivity contribution in [3.05, 3.63) is 64.8 Å². The smallest absolute Gasteiger partial charge is 0.418 e. The number of nitrogens with zero attached hydrogens (tertiary/aromatic N) is 3. The highest BCUT2D eigenvalue weighted by Crippen LogP contribution is 2.34. The molecule has 0 unspecified atom stereocenters. The van der Waals surface area contributed by atoms with Crippen LogP contribution in [-0.4, -0.2) is 41.3 Å². The summed E-state index contributed by atoms with van der Waals surface area (Å²) < 4.78 is 11.0. The summed E-state index contributed by atoms with van der Waals surface area (Å²) in [5.74, 6) is 6.76. The standard InChI is InChI=1S/C26H25N5O5/c1-35-21-13-16(11-19-14-29-25(28)30-23(19)27)10-18(22(21)36-2)7-6-15-4-3-5-20(12-15)31(26(33)34)24(32)17-8-9-17/h3-5,10,12-14,17H,8-9,11H2,1-2H3,(H,33,34)(H4,27,28,29,30). The van der Waals surface area contributed by atoms with Gasteiger partial charge >= 0.3 is 6.09 Å². The van der Waals surface area contributed by atoms with Gasteiger partial charge in [0, 0.05) is 29.7 Å². The first-order valence-electron chi connectivity index (χ1n) is 11.1. The lowest BCUT2D eigenvalue weighted by Gasteiger charge is -2.17. The first-order chi connectivity index (χ1) is 17.3. The van der Waals surface area contributed by atoms with Gasteiger partial charge in [0.2, 0.25) is 11.9 Å². The van der Waals surface area contributed by atoms with Gasteiger partial charge in [-0.2, -0.15) is 4.98 Å². The predicted octanol–water partition coefficient (Wildman–Crippen LogP) is 3.07. The topological polar surface area (TPSA) is 154 Å². The number of hydrogen-bond donors (Lipinski definition) is 3. The Bertz CT molecular complexity index is 1390. The maximum atomic E-state index is 12.5. The third-order valence-electron chi connectivity index (χ3n) is 5.63. The van der Waals surface area contributed by atoms with E-state index >= 15 is 0 Å². The molecule has 0 radical (unpaired) electrons. The molecule has 10 heteroatoms. The van der Waals surface area contributed by atoms with Gasteiger partial charge in [0.1, 0.15) is 5.82 Å². The van der Waals surface area contributed by atoms with Crippen molar-refractivity contribution in [2.24, 2.45) is 5.92 Å². The summed E-state index contributed by atoms with van der Waals surface area (Å²) in [7, 11) is 3.05. The zero-order chi connectivity index (χ0) is 25.8. The molecule has 1 fully saturated rings. The lowest BCUT2D eigenvalue weighted by atomic mass is 10.0. The molecule has 1 aromatic heterocycles. The lowest BCUT2D eigenvalue weighted by molar-refractivity contribution is -0.119. The summed E-state index contributed by atoms with van der Waals surface area (Å²) in [5.41, 5.74) is 14.4. The summed E-state index contributed by atoms with van der Waals surface area (Å²) in [6.07, 6.45) is 2.07. The van der Waals surface area contributed by atoms with Crippen LogP contribution in [0.5, 0.6) is 11.5 Å². The van der Waals surface area contributed by atoms with E-state index in [1.165, 1.54) is 14.2 Å².